The molecule has 2 atom stereocenters. The molecule has 2 rings (SSSR count). The molecule has 0 spiro atoms. The Bertz CT molecular complexity index is 402. The van der Waals surface area contributed by atoms with Gasteiger partial charge in [0.2, 0.25) is 0 Å². The van der Waals surface area contributed by atoms with Gasteiger partial charge in [0.05, 0.1) is 29.9 Å². The van der Waals surface area contributed by atoms with Crippen molar-refractivity contribution < 1.29 is 14.2 Å². The highest BCUT2D eigenvalue weighted by atomic mass is 79.9. The maximum atomic E-state index is 5.78. The molecular formula is C14H19BrO3. The number of hydrogen-bond acceptors (Lipinski definition) is 3. The fourth-order valence-electron chi connectivity index (χ4n) is 1.69. The van der Waals surface area contributed by atoms with Crippen LogP contribution in [0.2, 0.25) is 0 Å². The summed E-state index contributed by atoms with van der Waals surface area (Å²) in [6, 6.07) is 6.01. The molecule has 0 N–H and O–H groups in total. The Kier molecular flexibility index (Phi) is 4.65. The van der Waals surface area contributed by atoms with Gasteiger partial charge >= 0.3 is 0 Å². The van der Waals surface area contributed by atoms with E-state index in [2.05, 4.69) is 22.0 Å². The molecule has 1 aliphatic heterocycles. The number of epoxide rings is 1. The van der Waals surface area contributed by atoms with E-state index in [4.69, 9.17) is 14.2 Å². The van der Waals surface area contributed by atoms with Gasteiger partial charge < -0.3 is 14.2 Å². The molecule has 0 saturated carbocycles. The normalized spacial score (nSPS) is 19.9. The van der Waals surface area contributed by atoms with Crippen LogP contribution >= 0.6 is 15.9 Å². The van der Waals surface area contributed by atoms with Crippen molar-refractivity contribution in [3.8, 4) is 5.75 Å². The lowest BCUT2D eigenvalue weighted by molar-refractivity contribution is 0.0533. The average Bonchev–Trinajstić information content (AvgIpc) is 3.12. The van der Waals surface area contributed by atoms with Crippen molar-refractivity contribution in [2.75, 3.05) is 13.2 Å². The predicted octanol–water partition coefficient (Wildman–Crippen LogP) is 3.71. The van der Waals surface area contributed by atoms with Crippen LogP contribution in [0.1, 0.15) is 32.4 Å². The lowest BCUT2D eigenvalue weighted by Gasteiger charge is -2.18. The number of rotatable bonds is 6. The fourth-order valence-corrected chi connectivity index (χ4v) is 2.37. The summed E-state index contributed by atoms with van der Waals surface area (Å²) in [6.07, 6.45) is 0.480. The molecule has 1 aromatic carbocycles. The van der Waals surface area contributed by atoms with Gasteiger partial charge in [-0.2, -0.15) is 0 Å². The van der Waals surface area contributed by atoms with Crippen molar-refractivity contribution in [1.82, 2.24) is 0 Å². The minimum Gasteiger partial charge on any atom is -0.490 e. The van der Waals surface area contributed by atoms with Crippen molar-refractivity contribution >= 4 is 15.9 Å². The molecule has 0 bridgehead atoms. The van der Waals surface area contributed by atoms with Crippen LogP contribution in [-0.2, 0) is 9.47 Å². The van der Waals surface area contributed by atoms with Crippen LogP contribution in [0.4, 0.5) is 0 Å². The molecule has 1 aromatic rings. The highest BCUT2D eigenvalue weighted by Gasteiger charge is 2.24. The summed E-state index contributed by atoms with van der Waals surface area (Å²) in [7, 11) is 0. The molecule has 0 aromatic heterocycles. The van der Waals surface area contributed by atoms with Gasteiger partial charge in [-0.25, -0.2) is 0 Å². The zero-order valence-corrected chi connectivity index (χ0v) is 12.6. The van der Waals surface area contributed by atoms with Crippen LogP contribution in [0.25, 0.3) is 0 Å². The summed E-state index contributed by atoms with van der Waals surface area (Å²) >= 11 is 3.60. The van der Waals surface area contributed by atoms with Crippen LogP contribution in [0.15, 0.2) is 22.7 Å². The first-order valence-corrected chi connectivity index (χ1v) is 7.05. The molecule has 1 fully saturated rings. The van der Waals surface area contributed by atoms with Gasteiger partial charge in [-0.1, -0.05) is 12.1 Å². The third-order valence-electron chi connectivity index (χ3n) is 2.73. The standard InChI is InChI=1S/C14H19BrO3/c1-9(2)18-13-6-4-5-12(14(13)15)10(3)16-7-11-8-17-11/h4-6,9-11H,7-8H2,1-3H3/t10-,11?/m1/s1. The van der Waals surface area contributed by atoms with E-state index in [1.54, 1.807) is 0 Å². The van der Waals surface area contributed by atoms with Gasteiger partial charge in [0, 0.05) is 0 Å². The molecule has 100 valence electrons. The Morgan fingerprint density at radius 1 is 1.39 bits per heavy atom. The molecule has 0 aliphatic carbocycles. The van der Waals surface area contributed by atoms with E-state index in [0.29, 0.717) is 12.7 Å². The smallest absolute Gasteiger partial charge is 0.134 e. The molecule has 4 heteroatoms. The van der Waals surface area contributed by atoms with Crippen LogP contribution in [-0.4, -0.2) is 25.4 Å². The first-order chi connectivity index (χ1) is 8.58. The first-order valence-electron chi connectivity index (χ1n) is 6.26. The maximum Gasteiger partial charge on any atom is 0.134 e. The molecule has 1 saturated heterocycles. The summed E-state index contributed by atoms with van der Waals surface area (Å²) in [5.41, 5.74) is 1.11. The van der Waals surface area contributed by atoms with Gasteiger partial charge in [0.25, 0.3) is 0 Å². The SMILES string of the molecule is CC(C)Oc1cccc([C@@H](C)OCC2CO2)c1Br. The molecule has 3 nitrogen and oxygen atoms in total. The molecule has 1 aliphatic rings. The molecule has 0 radical (unpaired) electrons. The van der Waals surface area contributed by atoms with E-state index in [-0.39, 0.29) is 12.2 Å². The van der Waals surface area contributed by atoms with Gasteiger partial charge in [-0.15, -0.1) is 0 Å². The lowest BCUT2D eigenvalue weighted by atomic mass is 10.1. The Balaban J connectivity index is 2.05. The van der Waals surface area contributed by atoms with Crippen LogP contribution < -0.4 is 4.74 Å². The monoisotopic (exact) mass is 314 g/mol. The summed E-state index contributed by atoms with van der Waals surface area (Å²) in [4.78, 5) is 0. The third kappa shape index (κ3) is 3.70. The third-order valence-corrected chi connectivity index (χ3v) is 3.58. The minimum atomic E-state index is 0.0271. The summed E-state index contributed by atoms with van der Waals surface area (Å²) in [6.45, 7) is 7.56. The molecule has 1 unspecified atom stereocenters. The van der Waals surface area contributed by atoms with Crippen molar-refractivity contribution in [3.63, 3.8) is 0 Å². The van der Waals surface area contributed by atoms with E-state index >= 15 is 0 Å². The second-order valence-electron chi connectivity index (χ2n) is 4.76. The van der Waals surface area contributed by atoms with E-state index < -0.39 is 0 Å². The number of halogens is 1. The van der Waals surface area contributed by atoms with Crippen LogP contribution in [0.5, 0.6) is 5.75 Å². The highest BCUT2D eigenvalue weighted by molar-refractivity contribution is 9.10. The Labute approximate surface area is 117 Å². The van der Waals surface area contributed by atoms with E-state index in [1.807, 2.05) is 32.9 Å². The largest absolute Gasteiger partial charge is 0.490 e. The molecule has 1 heterocycles. The van der Waals surface area contributed by atoms with Gasteiger partial charge in [-0.05, 0) is 48.3 Å². The number of benzene rings is 1. The van der Waals surface area contributed by atoms with Crippen LogP contribution in [0.3, 0.4) is 0 Å². The van der Waals surface area contributed by atoms with Gasteiger partial charge in [0.15, 0.2) is 0 Å². The molecular weight excluding hydrogens is 296 g/mol. The van der Waals surface area contributed by atoms with Crippen molar-refractivity contribution in [1.29, 1.82) is 0 Å². The van der Waals surface area contributed by atoms with Crippen LogP contribution in [0, 0.1) is 0 Å². The van der Waals surface area contributed by atoms with Crippen molar-refractivity contribution in [2.24, 2.45) is 0 Å². The highest BCUT2D eigenvalue weighted by Crippen LogP contribution is 2.34. The minimum absolute atomic E-state index is 0.0271. The Hall–Kier alpha value is -0.580. The quantitative estimate of drug-likeness (QED) is 0.750. The Morgan fingerprint density at radius 3 is 2.72 bits per heavy atom. The van der Waals surface area contributed by atoms with Gasteiger partial charge in [-0.3, -0.25) is 0 Å². The van der Waals surface area contributed by atoms with E-state index in [0.717, 1.165) is 22.4 Å². The number of hydrogen-bond donors (Lipinski definition) is 0. The maximum absolute atomic E-state index is 5.78. The second kappa shape index (κ2) is 6.04. The molecule has 18 heavy (non-hydrogen) atoms. The first kappa shape index (κ1) is 13.8. The van der Waals surface area contributed by atoms with E-state index in [9.17, 15) is 0 Å². The Morgan fingerprint density at radius 2 is 2.11 bits per heavy atom. The summed E-state index contributed by atoms with van der Waals surface area (Å²) in [5, 5.41) is 0. The average molecular weight is 315 g/mol. The topological polar surface area (TPSA) is 31.0 Å². The predicted molar refractivity (Wildman–Crippen MR) is 74.0 cm³/mol. The fraction of sp³-hybridized carbons (Fsp3) is 0.571. The van der Waals surface area contributed by atoms with Crippen molar-refractivity contribution in [3.05, 3.63) is 28.2 Å². The summed E-state index contributed by atoms with van der Waals surface area (Å²) in [5.74, 6) is 0.862. The van der Waals surface area contributed by atoms with Crippen molar-refractivity contribution in [2.45, 2.75) is 39.1 Å². The lowest BCUT2D eigenvalue weighted by Crippen LogP contribution is -2.09. The van der Waals surface area contributed by atoms with Gasteiger partial charge in [0.1, 0.15) is 11.9 Å². The van der Waals surface area contributed by atoms with E-state index in [1.165, 1.54) is 0 Å². The second-order valence-corrected chi connectivity index (χ2v) is 5.55. The number of ether oxygens (including phenoxy) is 3. The molecule has 0 amide bonds. The zero-order valence-electron chi connectivity index (χ0n) is 11.0. The zero-order chi connectivity index (χ0) is 13.1. The summed E-state index contributed by atoms with van der Waals surface area (Å²) < 4.78 is 17.6.